The lowest BCUT2D eigenvalue weighted by Crippen LogP contribution is -2.62. The summed E-state index contributed by atoms with van der Waals surface area (Å²) in [5.41, 5.74) is -0.233. The summed E-state index contributed by atoms with van der Waals surface area (Å²) in [6.07, 6.45) is 8.06. The summed E-state index contributed by atoms with van der Waals surface area (Å²) in [5.74, 6) is 1.99. The van der Waals surface area contributed by atoms with Gasteiger partial charge < -0.3 is 19.0 Å². The van der Waals surface area contributed by atoms with Gasteiger partial charge in [0.15, 0.2) is 0 Å². The summed E-state index contributed by atoms with van der Waals surface area (Å²) in [5, 5.41) is 0. The molecule has 0 spiro atoms. The van der Waals surface area contributed by atoms with Gasteiger partial charge in [0.1, 0.15) is 24.6 Å². The van der Waals surface area contributed by atoms with Crippen LogP contribution in [0.15, 0.2) is 0 Å². The van der Waals surface area contributed by atoms with Crippen LogP contribution in [0.4, 0.5) is 0 Å². The quantitative estimate of drug-likeness (QED) is 0.346. The lowest BCUT2D eigenvalue weighted by atomic mass is 9.43. The topological polar surface area (TPSA) is 96.0 Å². The Hall–Kier alpha value is -1.92. The van der Waals surface area contributed by atoms with Gasteiger partial charge in [-0.25, -0.2) is 0 Å². The molecule has 0 aromatic heterocycles. The molecule has 7 nitrogen and oxygen atoms in total. The van der Waals surface area contributed by atoms with Crippen LogP contribution in [0.5, 0.6) is 0 Å². The highest BCUT2D eigenvalue weighted by atomic mass is 16.5. The van der Waals surface area contributed by atoms with Crippen molar-refractivity contribution in [2.24, 2.45) is 46.3 Å². The molecule has 0 aromatic carbocycles. The number of hydrogen-bond donors (Lipinski definition) is 0. The summed E-state index contributed by atoms with van der Waals surface area (Å²) < 4.78 is 16.9. The van der Waals surface area contributed by atoms with Crippen molar-refractivity contribution in [1.29, 1.82) is 0 Å². The van der Waals surface area contributed by atoms with E-state index in [1.165, 1.54) is 0 Å². The van der Waals surface area contributed by atoms with E-state index >= 15 is 0 Å². The van der Waals surface area contributed by atoms with Gasteiger partial charge in [0.05, 0.1) is 0 Å². The monoisotopic (exact) mass is 476 g/mol. The van der Waals surface area contributed by atoms with Crippen molar-refractivity contribution in [1.82, 2.24) is 0 Å². The predicted octanol–water partition coefficient (Wildman–Crippen LogP) is 4.11. The lowest BCUT2D eigenvalue weighted by Gasteiger charge is -2.63. The molecule has 0 amide bonds. The number of hydrogen-bond acceptors (Lipinski definition) is 7. The molecule has 11 atom stereocenters. The van der Waals surface area contributed by atoms with Gasteiger partial charge in [-0.15, -0.1) is 0 Å². The standard InChI is InChI=1S/C27H40O7/c1-17(5-4-10-28)20-6-7-21-19-12-24(33-15-30)23-11-18(32-14-29)8-9-26(23,2)22(19)13-25(34-16-31)27(20,21)3/h10,14-25H,4-9,11-13H2,1-3H3/t17-,18-,19+,20-,21+,22+,23+,24-,25+,26-,27-/m1/s1. The fraction of sp³-hybridized carbons (Fsp3) is 0.852. The first-order valence-corrected chi connectivity index (χ1v) is 13.1. The molecule has 0 unspecified atom stereocenters. The van der Waals surface area contributed by atoms with Crippen LogP contribution in [-0.2, 0) is 33.4 Å². The van der Waals surface area contributed by atoms with Crippen molar-refractivity contribution in [3.63, 3.8) is 0 Å². The first-order chi connectivity index (χ1) is 16.3. The minimum absolute atomic E-state index is 0.0770. The van der Waals surface area contributed by atoms with Crippen LogP contribution >= 0.6 is 0 Å². The first-order valence-electron chi connectivity index (χ1n) is 13.1. The highest BCUT2D eigenvalue weighted by Crippen LogP contribution is 2.69. The van der Waals surface area contributed by atoms with Crippen LogP contribution in [0.2, 0.25) is 0 Å². The van der Waals surface area contributed by atoms with Crippen molar-refractivity contribution in [3.8, 4) is 0 Å². The van der Waals surface area contributed by atoms with Gasteiger partial charge in [-0.05, 0) is 86.4 Å². The van der Waals surface area contributed by atoms with Crippen LogP contribution in [0.25, 0.3) is 0 Å². The predicted molar refractivity (Wildman–Crippen MR) is 123 cm³/mol. The van der Waals surface area contributed by atoms with Gasteiger partial charge in [0.2, 0.25) is 0 Å². The number of carbonyl (C=O) groups excluding carboxylic acids is 4. The number of aldehydes is 1. The molecule has 0 bridgehead atoms. The van der Waals surface area contributed by atoms with E-state index in [0.717, 1.165) is 51.2 Å². The molecule has 0 saturated heterocycles. The van der Waals surface area contributed by atoms with E-state index in [2.05, 4.69) is 20.8 Å². The normalized spacial score (nSPS) is 46.1. The zero-order chi connectivity index (χ0) is 24.5. The van der Waals surface area contributed by atoms with E-state index in [4.69, 9.17) is 14.2 Å². The second-order valence-corrected chi connectivity index (χ2v) is 11.9. The van der Waals surface area contributed by atoms with Crippen LogP contribution in [0.1, 0.15) is 78.6 Å². The molecule has 0 radical (unpaired) electrons. The van der Waals surface area contributed by atoms with Gasteiger partial charge in [-0.2, -0.15) is 0 Å². The molecule has 4 aliphatic carbocycles. The van der Waals surface area contributed by atoms with Crippen molar-refractivity contribution in [2.45, 2.75) is 96.9 Å². The molecule has 4 fully saturated rings. The first kappa shape index (κ1) is 25.2. The highest BCUT2D eigenvalue weighted by molar-refractivity contribution is 5.49. The molecule has 34 heavy (non-hydrogen) atoms. The van der Waals surface area contributed by atoms with Crippen LogP contribution in [0.3, 0.4) is 0 Å². The fourth-order valence-corrected chi connectivity index (χ4v) is 9.36. The van der Waals surface area contributed by atoms with Crippen molar-refractivity contribution in [3.05, 3.63) is 0 Å². The van der Waals surface area contributed by atoms with Gasteiger partial charge >= 0.3 is 0 Å². The SMILES string of the molecule is C[C@H](CCC=O)[C@H]1CC[C@H]2[C@@H]3C[C@@H](OC=O)[C@@H]4C[C@H](OC=O)CC[C@]4(C)[C@H]3C[C@H](OC=O)[C@]12C. The Bertz CT molecular complexity index is 770. The summed E-state index contributed by atoms with van der Waals surface area (Å²) in [7, 11) is 0. The van der Waals surface area contributed by atoms with Crippen molar-refractivity contribution >= 4 is 25.7 Å². The Kier molecular flexibility index (Phi) is 7.39. The number of fused-ring (bicyclic) bond motifs is 5. The molecule has 0 N–H and O–H groups in total. The van der Waals surface area contributed by atoms with Crippen LogP contribution < -0.4 is 0 Å². The Morgan fingerprint density at radius 2 is 1.59 bits per heavy atom. The maximum atomic E-state index is 11.7. The highest BCUT2D eigenvalue weighted by Gasteiger charge is 2.66. The third-order valence-electron chi connectivity index (χ3n) is 10.9. The minimum atomic E-state index is -0.193. The van der Waals surface area contributed by atoms with E-state index < -0.39 is 0 Å². The Morgan fingerprint density at radius 1 is 0.853 bits per heavy atom. The van der Waals surface area contributed by atoms with E-state index in [0.29, 0.717) is 61.8 Å². The molecule has 4 saturated carbocycles. The third-order valence-corrected chi connectivity index (χ3v) is 10.9. The average molecular weight is 477 g/mol. The van der Waals surface area contributed by atoms with E-state index in [-0.39, 0.29) is 35.1 Å². The molecule has 0 aromatic rings. The second kappa shape index (κ2) is 9.98. The summed E-state index contributed by atoms with van der Waals surface area (Å²) in [4.78, 5) is 45.2. The van der Waals surface area contributed by atoms with Crippen LogP contribution in [0, 0.1) is 46.3 Å². The van der Waals surface area contributed by atoms with E-state index in [1.54, 1.807) is 0 Å². The number of ether oxygens (including phenoxy) is 3. The largest absolute Gasteiger partial charge is 0.465 e. The van der Waals surface area contributed by atoms with Crippen molar-refractivity contribution < 1.29 is 33.4 Å². The molecule has 0 aliphatic heterocycles. The molecular weight excluding hydrogens is 436 g/mol. The van der Waals surface area contributed by atoms with E-state index in [9.17, 15) is 19.2 Å². The summed E-state index contributed by atoms with van der Waals surface area (Å²) in [6, 6.07) is 0. The van der Waals surface area contributed by atoms with E-state index in [1.807, 2.05) is 0 Å². The lowest BCUT2D eigenvalue weighted by molar-refractivity contribution is -0.214. The van der Waals surface area contributed by atoms with Gasteiger partial charge in [-0.1, -0.05) is 20.8 Å². The summed E-state index contributed by atoms with van der Waals surface area (Å²) in [6.45, 7) is 8.57. The minimum Gasteiger partial charge on any atom is -0.465 e. The molecular formula is C27H40O7. The molecule has 0 heterocycles. The maximum absolute atomic E-state index is 11.7. The van der Waals surface area contributed by atoms with Gasteiger partial charge in [-0.3, -0.25) is 14.4 Å². The molecule has 4 aliphatic rings. The average Bonchev–Trinajstić information content (AvgIpc) is 3.18. The Balaban J connectivity index is 1.68. The second-order valence-electron chi connectivity index (χ2n) is 11.9. The number of rotatable bonds is 10. The third kappa shape index (κ3) is 3.97. The zero-order valence-corrected chi connectivity index (χ0v) is 20.7. The fourth-order valence-electron chi connectivity index (χ4n) is 9.36. The van der Waals surface area contributed by atoms with Gasteiger partial charge in [0.25, 0.3) is 19.4 Å². The Labute approximate surface area is 202 Å². The molecule has 4 rings (SSSR count). The summed E-state index contributed by atoms with van der Waals surface area (Å²) >= 11 is 0. The van der Waals surface area contributed by atoms with Crippen LogP contribution in [-0.4, -0.2) is 44.0 Å². The molecule has 190 valence electrons. The zero-order valence-electron chi connectivity index (χ0n) is 20.7. The maximum Gasteiger partial charge on any atom is 0.293 e. The smallest absolute Gasteiger partial charge is 0.293 e. The van der Waals surface area contributed by atoms with Crippen molar-refractivity contribution in [2.75, 3.05) is 0 Å². The molecule has 7 heteroatoms. The number of carbonyl (C=O) groups is 4. The Morgan fingerprint density at radius 3 is 2.26 bits per heavy atom. The van der Waals surface area contributed by atoms with Gasteiger partial charge in [0, 0.05) is 17.8 Å².